The van der Waals surface area contributed by atoms with Gasteiger partial charge in [-0.05, 0) is 31.3 Å². The minimum absolute atomic E-state index is 0.232. The van der Waals surface area contributed by atoms with Gasteiger partial charge in [-0.25, -0.2) is 0 Å². The highest BCUT2D eigenvalue weighted by atomic mass is 32.1. The van der Waals surface area contributed by atoms with Crippen molar-refractivity contribution in [2.75, 3.05) is 6.54 Å². The Labute approximate surface area is 134 Å². The Kier molecular flexibility index (Phi) is 3.67. The van der Waals surface area contributed by atoms with E-state index in [4.69, 9.17) is 12.2 Å². The molecule has 1 aromatic carbocycles. The fourth-order valence-corrected chi connectivity index (χ4v) is 3.61. The monoisotopic (exact) mass is 331 g/mol. The molecule has 0 aliphatic rings. The van der Waals surface area contributed by atoms with Gasteiger partial charge in [-0.2, -0.15) is 0 Å². The van der Waals surface area contributed by atoms with Crippen molar-refractivity contribution in [2.24, 2.45) is 0 Å². The van der Waals surface area contributed by atoms with Crippen LogP contribution < -0.4 is 10.9 Å². The summed E-state index contributed by atoms with van der Waals surface area (Å²) >= 11 is 6.54. The number of carbonyl (C=O) groups is 1. The molecule has 5 nitrogen and oxygen atoms in total. The topological polar surface area (TPSA) is 66.4 Å². The van der Waals surface area contributed by atoms with Crippen molar-refractivity contribution in [3.63, 3.8) is 0 Å². The Morgan fingerprint density at radius 1 is 1.55 bits per heavy atom. The molecule has 3 rings (SSSR count). The fourth-order valence-electron chi connectivity index (χ4n) is 2.31. The summed E-state index contributed by atoms with van der Waals surface area (Å²) in [5, 5.41) is 3.26. The number of aryl methyl sites for hydroxylation is 1. The molecule has 0 aliphatic carbocycles. The second kappa shape index (κ2) is 5.51. The van der Waals surface area contributed by atoms with Crippen molar-refractivity contribution < 1.29 is 4.79 Å². The Bertz CT molecular complexity index is 1030. The molecule has 112 valence electrons. The largest absolute Gasteiger partial charge is 0.348 e. The number of amides is 1. The maximum atomic E-state index is 12.3. The average Bonchev–Trinajstić information content (AvgIpc) is 2.82. The lowest BCUT2D eigenvalue weighted by Crippen LogP contribution is -2.23. The molecule has 3 aromatic rings. The number of fused-ring (bicyclic) bond motifs is 3. The quantitative estimate of drug-likeness (QED) is 0.573. The van der Waals surface area contributed by atoms with Gasteiger partial charge in [0.1, 0.15) is 10.5 Å². The summed E-state index contributed by atoms with van der Waals surface area (Å²) in [6, 6.07) is 5.57. The van der Waals surface area contributed by atoms with Crippen LogP contribution in [0.4, 0.5) is 0 Å². The molecule has 22 heavy (non-hydrogen) atoms. The summed E-state index contributed by atoms with van der Waals surface area (Å²) in [7, 11) is 0. The van der Waals surface area contributed by atoms with Gasteiger partial charge in [0.2, 0.25) is 0 Å². The second-order valence-corrected chi connectivity index (χ2v) is 6.50. The summed E-state index contributed by atoms with van der Waals surface area (Å²) < 4.78 is 2.25. The lowest BCUT2D eigenvalue weighted by molar-refractivity contribution is 0.0963. The average molecular weight is 331 g/mol. The number of carbonyl (C=O) groups excluding carboxylic acids is 1. The van der Waals surface area contributed by atoms with Crippen molar-refractivity contribution in [1.29, 1.82) is 0 Å². The smallest absolute Gasteiger partial charge is 0.265 e. The van der Waals surface area contributed by atoms with Gasteiger partial charge in [0, 0.05) is 6.54 Å². The zero-order chi connectivity index (χ0) is 15.9. The Morgan fingerprint density at radius 3 is 3.05 bits per heavy atom. The number of hydrogen-bond donors (Lipinski definition) is 2. The van der Waals surface area contributed by atoms with Crippen molar-refractivity contribution >= 4 is 46.0 Å². The molecular formula is C15H13N3O2S2. The van der Waals surface area contributed by atoms with E-state index < -0.39 is 0 Å². The zero-order valence-corrected chi connectivity index (χ0v) is 13.4. The molecule has 0 radical (unpaired) electrons. The molecule has 0 fully saturated rings. The van der Waals surface area contributed by atoms with Gasteiger partial charge in [-0.15, -0.1) is 6.58 Å². The van der Waals surface area contributed by atoms with E-state index in [1.807, 2.05) is 25.1 Å². The molecule has 2 N–H and O–H groups in total. The first kappa shape index (κ1) is 14.7. The normalized spacial score (nSPS) is 11.0. The van der Waals surface area contributed by atoms with Crippen LogP contribution in [0.3, 0.4) is 0 Å². The number of benzene rings is 1. The van der Waals surface area contributed by atoms with Gasteiger partial charge in [-0.1, -0.05) is 29.0 Å². The highest BCUT2D eigenvalue weighted by molar-refractivity contribution is 7.73. The molecule has 0 spiro atoms. The van der Waals surface area contributed by atoms with Gasteiger partial charge < -0.3 is 10.3 Å². The fraction of sp³-hybridized carbons (Fsp3) is 0.133. The molecule has 0 saturated carbocycles. The standard InChI is InChI=1S/C15H13N3O2S2/c1-3-6-16-14(20)11-12-17-13(19)9-7-8(2)4-5-10(9)18(12)15(21)22-11/h3-5,7H,1,6H2,2H3,(H,16,20)(H,17,19). The molecule has 0 saturated heterocycles. The molecule has 0 atom stereocenters. The summed E-state index contributed by atoms with van der Waals surface area (Å²) in [4.78, 5) is 27.7. The van der Waals surface area contributed by atoms with E-state index in [-0.39, 0.29) is 11.5 Å². The van der Waals surface area contributed by atoms with Crippen LogP contribution in [0.1, 0.15) is 15.2 Å². The molecule has 7 heteroatoms. The van der Waals surface area contributed by atoms with E-state index in [0.29, 0.717) is 31.9 Å². The third-order valence-corrected chi connectivity index (χ3v) is 4.67. The third kappa shape index (κ3) is 2.28. The molecule has 0 aliphatic heterocycles. The van der Waals surface area contributed by atoms with E-state index in [1.54, 1.807) is 10.5 Å². The first-order valence-electron chi connectivity index (χ1n) is 6.60. The maximum Gasteiger partial charge on any atom is 0.265 e. The first-order valence-corrected chi connectivity index (χ1v) is 7.82. The summed E-state index contributed by atoms with van der Waals surface area (Å²) in [6.45, 7) is 5.84. The van der Waals surface area contributed by atoms with Crippen LogP contribution in [-0.2, 0) is 0 Å². The van der Waals surface area contributed by atoms with E-state index in [1.165, 1.54) is 11.3 Å². The lowest BCUT2D eigenvalue weighted by atomic mass is 10.1. The van der Waals surface area contributed by atoms with Crippen LogP contribution in [-0.4, -0.2) is 21.8 Å². The summed E-state index contributed by atoms with van der Waals surface area (Å²) in [6.07, 6.45) is 1.59. The first-order chi connectivity index (χ1) is 10.5. The number of aromatic amines is 1. The van der Waals surface area contributed by atoms with Crippen LogP contribution in [0.2, 0.25) is 0 Å². The number of H-pyrrole nitrogens is 1. The highest BCUT2D eigenvalue weighted by Crippen LogP contribution is 2.22. The summed E-state index contributed by atoms with van der Waals surface area (Å²) in [5.74, 6) is -0.277. The molecule has 0 unspecified atom stereocenters. The second-order valence-electron chi connectivity index (χ2n) is 4.85. The van der Waals surface area contributed by atoms with Crippen LogP contribution in [0.15, 0.2) is 35.6 Å². The number of nitrogens with zero attached hydrogens (tertiary/aromatic N) is 1. The van der Waals surface area contributed by atoms with E-state index in [2.05, 4.69) is 16.9 Å². The number of thiazole rings is 1. The Balaban J connectivity index is 2.36. The van der Waals surface area contributed by atoms with E-state index in [9.17, 15) is 9.59 Å². The van der Waals surface area contributed by atoms with Gasteiger partial charge in [0.25, 0.3) is 11.5 Å². The number of rotatable bonds is 3. The van der Waals surface area contributed by atoms with Gasteiger partial charge in [0.15, 0.2) is 3.95 Å². The SMILES string of the molecule is C=CCNC(=O)c1sc(=S)n2c1[nH]c(=O)c1cc(C)ccc12. The maximum absolute atomic E-state index is 12.3. The van der Waals surface area contributed by atoms with Gasteiger partial charge in [-0.3, -0.25) is 14.0 Å². The third-order valence-electron chi connectivity index (χ3n) is 3.29. The molecule has 0 bridgehead atoms. The molecular weight excluding hydrogens is 318 g/mol. The summed E-state index contributed by atoms with van der Waals surface area (Å²) in [5.41, 5.74) is 1.89. The van der Waals surface area contributed by atoms with Crippen molar-refractivity contribution in [2.45, 2.75) is 6.92 Å². The van der Waals surface area contributed by atoms with Gasteiger partial charge in [0.05, 0.1) is 10.9 Å². The Hall–Kier alpha value is -2.25. The van der Waals surface area contributed by atoms with Crippen molar-refractivity contribution in [1.82, 2.24) is 14.7 Å². The predicted octanol–water partition coefficient (Wildman–Crippen LogP) is 2.80. The van der Waals surface area contributed by atoms with Crippen LogP contribution in [0.25, 0.3) is 16.6 Å². The van der Waals surface area contributed by atoms with Crippen LogP contribution in [0.5, 0.6) is 0 Å². The van der Waals surface area contributed by atoms with E-state index >= 15 is 0 Å². The highest BCUT2D eigenvalue weighted by Gasteiger charge is 2.17. The van der Waals surface area contributed by atoms with Crippen LogP contribution >= 0.6 is 23.6 Å². The van der Waals surface area contributed by atoms with Crippen molar-refractivity contribution in [3.8, 4) is 0 Å². The number of aromatic nitrogens is 2. The number of hydrogen-bond acceptors (Lipinski definition) is 4. The minimum Gasteiger partial charge on any atom is -0.348 e. The Morgan fingerprint density at radius 2 is 2.32 bits per heavy atom. The van der Waals surface area contributed by atoms with Crippen molar-refractivity contribution in [3.05, 3.63) is 55.6 Å². The molecule has 2 heterocycles. The lowest BCUT2D eigenvalue weighted by Gasteiger charge is -2.04. The zero-order valence-electron chi connectivity index (χ0n) is 11.8. The van der Waals surface area contributed by atoms with Crippen LogP contribution in [0, 0.1) is 10.9 Å². The van der Waals surface area contributed by atoms with Gasteiger partial charge >= 0.3 is 0 Å². The molecule has 2 aromatic heterocycles. The molecule has 1 amide bonds. The minimum atomic E-state index is -0.277. The number of nitrogens with one attached hydrogen (secondary N) is 2. The predicted molar refractivity (Wildman–Crippen MR) is 91.5 cm³/mol. The van der Waals surface area contributed by atoms with E-state index in [0.717, 1.165) is 5.56 Å².